The van der Waals surface area contributed by atoms with Crippen molar-refractivity contribution in [2.45, 2.75) is 38.8 Å². The predicted octanol–water partition coefficient (Wildman–Crippen LogP) is 1.33. The average Bonchev–Trinajstić information content (AvgIpc) is 2.72. The molecule has 0 unspecified atom stereocenters. The van der Waals surface area contributed by atoms with Gasteiger partial charge in [-0.2, -0.15) is 0 Å². The molecule has 0 atom stereocenters. The van der Waals surface area contributed by atoms with E-state index in [1.165, 1.54) is 12.8 Å². The average molecular weight is 271 g/mol. The lowest BCUT2D eigenvalue weighted by molar-refractivity contribution is 0.0949. The molecule has 0 spiro atoms. The maximum absolute atomic E-state index is 12.0. The second kappa shape index (κ2) is 5.81. The summed E-state index contributed by atoms with van der Waals surface area (Å²) in [6, 6.07) is 3.39. The molecule has 0 radical (unpaired) electrons. The predicted molar refractivity (Wildman–Crippen MR) is 73.0 cm³/mol. The van der Waals surface area contributed by atoms with Gasteiger partial charge in [-0.25, -0.2) is 0 Å². The molecular weight excluding hydrogens is 254 g/mol. The van der Waals surface area contributed by atoms with Crippen LogP contribution in [-0.2, 0) is 19.5 Å². The molecule has 6 nitrogen and oxygen atoms in total. The van der Waals surface area contributed by atoms with Gasteiger partial charge in [-0.3, -0.25) is 9.78 Å². The first-order chi connectivity index (χ1) is 9.84. The van der Waals surface area contributed by atoms with Gasteiger partial charge in [0.1, 0.15) is 5.82 Å². The second-order valence-electron chi connectivity index (χ2n) is 4.91. The zero-order valence-electron chi connectivity index (χ0n) is 11.2. The Labute approximate surface area is 117 Å². The fourth-order valence-electron chi connectivity index (χ4n) is 2.44. The quantitative estimate of drug-likeness (QED) is 0.914. The molecule has 3 rings (SSSR count). The van der Waals surface area contributed by atoms with Gasteiger partial charge in [0.15, 0.2) is 5.82 Å². The number of carbonyl (C=O) groups excluding carboxylic acids is 1. The van der Waals surface area contributed by atoms with E-state index in [1.54, 1.807) is 24.5 Å². The van der Waals surface area contributed by atoms with E-state index in [0.29, 0.717) is 12.1 Å². The first-order valence-electron chi connectivity index (χ1n) is 6.94. The third-order valence-electron chi connectivity index (χ3n) is 3.54. The van der Waals surface area contributed by atoms with Gasteiger partial charge in [0, 0.05) is 30.9 Å². The number of fused-ring (bicyclic) bond motifs is 1. The molecule has 2 aromatic rings. The second-order valence-corrected chi connectivity index (χ2v) is 4.91. The van der Waals surface area contributed by atoms with Crippen LogP contribution in [0.15, 0.2) is 24.5 Å². The standard InChI is InChI=1S/C14H17N5O/c20-14(11-5-7-15-8-6-11)16-10-13-18-17-12-4-2-1-3-9-19(12)13/h5-8H,1-4,9-10H2,(H,16,20). The molecule has 20 heavy (non-hydrogen) atoms. The molecule has 6 heteroatoms. The summed E-state index contributed by atoms with van der Waals surface area (Å²) in [5.41, 5.74) is 0.607. The van der Waals surface area contributed by atoms with Crippen LogP contribution in [-0.4, -0.2) is 25.7 Å². The molecule has 104 valence electrons. The number of nitrogens with zero attached hydrogens (tertiary/aromatic N) is 4. The Morgan fingerprint density at radius 3 is 2.90 bits per heavy atom. The molecule has 0 saturated carbocycles. The van der Waals surface area contributed by atoms with Crippen molar-refractivity contribution in [3.05, 3.63) is 41.7 Å². The molecule has 3 heterocycles. The van der Waals surface area contributed by atoms with Gasteiger partial charge in [0.2, 0.25) is 0 Å². The number of amides is 1. The SMILES string of the molecule is O=C(NCc1nnc2n1CCCCC2)c1ccncc1. The van der Waals surface area contributed by atoms with E-state index in [0.717, 1.165) is 31.0 Å². The van der Waals surface area contributed by atoms with Crippen molar-refractivity contribution in [1.82, 2.24) is 25.1 Å². The van der Waals surface area contributed by atoms with Crippen LogP contribution in [0.2, 0.25) is 0 Å². The monoisotopic (exact) mass is 271 g/mol. The Morgan fingerprint density at radius 1 is 1.20 bits per heavy atom. The van der Waals surface area contributed by atoms with Crippen molar-refractivity contribution < 1.29 is 4.79 Å². The van der Waals surface area contributed by atoms with E-state index >= 15 is 0 Å². The molecule has 1 aliphatic heterocycles. The minimum Gasteiger partial charge on any atom is -0.345 e. The fraction of sp³-hybridized carbons (Fsp3) is 0.429. The molecule has 0 bridgehead atoms. The van der Waals surface area contributed by atoms with Gasteiger partial charge < -0.3 is 9.88 Å². The number of nitrogens with one attached hydrogen (secondary N) is 1. The lowest BCUT2D eigenvalue weighted by Crippen LogP contribution is -2.25. The van der Waals surface area contributed by atoms with Crippen molar-refractivity contribution >= 4 is 5.91 Å². The lowest BCUT2D eigenvalue weighted by atomic mass is 10.2. The van der Waals surface area contributed by atoms with Crippen LogP contribution in [0.25, 0.3) is 0 Å². The highest BCUT2D eigenvalue weighted by molar-refractivity contribution is 5.93. The maximum atomic E-state index is 12.0. The Hall–Kier alpha value is -2.24. The number of hydrogen-bond donors (Lipinski definition) is 1. The van der Waals surface area contributed by atoms with Crippen LogP contribution in [0.1, 0.15) is 41.3 Å². The first-order valence-corrected chi connectivity index (χ1v) is 6.94. The summed E-state index contributed by atoms with van der Waals surface area (Å²) in [5, 5.41) is 11.3. The summed E-state index contributed by atoms with van der Waals surface area (Å²) in [6.07, 6.45) is 7.74. The first kappa shape index (κ1) is 12.8. The van der Waals surface area contributed by atoms with Gasteiger partial charge in [-0.15, -0.1) is 10.2 Å². The maximum Gasteiger partial charge on any atom is 0.251 e. The summed E-state index contributed by atoms with van der Waals surface area (Å²) in [6.45, 7) is 1.36. The molecule has 0 fully saturated rings. The van der Waals surface area contributed by atoms with Crippen LogP contribution in [0, 0.1) is 0 Å². The molecule has 1 N–H and O–H groups in total. The van der Waals surface area contributed by atoms with E-state index in [1.807, 2.05) is 0 Å². The number of rotatable bonds is 3. The molecule has 0 saturated heterocycles. The third-order valence-corrected chi connectivity index (χ3v) is 3.54. The van der Waals surface area contributed by atoms with Crippen molar-refractivity contribution in [2.24, 2.45) is 0 Å². The summed E-state index contributed by atoms with van der Waals surface area (Å²) >= 11 is 0. The van der Waals surface area contributed by atoms with Crippen molar-refractivity contribution in [3.63, 3.8) is 0 Å². The van der Waals surface area contributed by atoms with Crippen LogP contribution in [0.4, 0.5) is 0 Å². The molecule has 1 amide bonds. The van der Waals surface area contributed by atoms with Gasteiger partial charge in [0.25, 0.3) is 5.91 Å². The highest BCUT2D eigenvalue weighted by atomic mass is 16.1. The smallest absolute Gasteiger partial charge is 0.251 e. The Balaban J connectivity index is 1.67. The summed E-state index contributed by atoms with van der Waals surface area (Å²) in [5.74, 6) is 1.76. The fourth-order valence-corrected chi connectivity index (χ4v) is 2.44. The Morgan fingerprint density at radius 2 is 2.05 bits per heavy atom. The van der Waals surface area contributed by atoms with Gasteiger partial charge in [0.05, 0.1) is 6.54 Å². The zero-order chi connectivity index (χ0) is 13.8. The summed E-state index contributed by atoms with van der Waals surface area (Å²) < 4.78 is 2.14. The number of carbonyl (C=O) groups is 1. The summed E-state index contributed by atoms with van der Waals surface area (Å²) in [4.78, 5) is 15.9. The van der Waals surface area contributed by atoms with Gasteiger partial charge in [-0.1, -0.05) is 6.42 Å². The van der Waals surface area contributed by atoms with Crippen LogP contribution in [0.5, 0.6) is 0 Å². The lowest BCUT2D eigenvalue weighted by Gasteiger charge is -2.08. The van der Waals surface area contributed by atoms with E-state index in [4.69, 9.17) is 0 Å². The normalized spacial score (nSPS) is 14.4. The number of aromatic nitrogens is 4. The van der Waals surface area contributed by atoms with Crippen molar-refractivity contribution in [3.8, 4) is 0 Å². The molecule has 0 aromatic carbocycles. The van der Waals surface area contributed by atoms with Crippen LogP contribution >= 0.6 is 0 Å². The molecule has 1 aliphatic rings. The number of hydrogen-bond acceptors (Lipinski definition) is 4. The van der Waals surface area contributed by atoms with E-state index < -0.39 is 0 Å². The molecule has 2 aromatic heterocycles. The van der Waals surface area contributed by atoms with Crippen LogP contribution in [0.3, 0.4) is 0 Å². The topological polar surface area (TPSA) is 72.7 Å². The Bertz CT molecular complexity index is 593. The number of pyridine rings is 1. The van der Waals surface area contributed by atoms with E-state index in [2.05, 4.69) is 25.1 Å². The van der Waals surface area contributed by atoms with Crippen molar-refractivity contribution in [2.75, 3.05) is 0 Å². The molecule has 0 aliphatic carbocycles. The number of aryl methyl sites for hydroxylation is 1. The zero-order valence-corrected chi connectivity index (χ0v) is 11.2. The highest BCUT2D eigenvalue weighted by Crippen LogP contribution is 2.14. The van der Waals surface area contributed by atoms with Crippen molar-refractivity contribution in [1.29, 1.82) is 0 Å². The van der Waals surface area contributed by atoms with Gasteiger partial charge >= 0.3 is 0 Å². The highest BCUT2D eigenvalue weighted by Gasteiger charge is 2.15. The Kier molecular flexibility index (Phi) is 3.71. The van der Waals surface area contributed by atoms with Gasteiger partial charge in [-0.05, 0) is 25.0 Å². The van der Waals surface area contributed by atoms with Crippen LogP contribution < -0.4 is 5.32 Å². The van der Waals surface area contributed by atoms with E-state index in [9.17, 15) is 4.79 Å². The molecular formula is C14H17N5O. The largest absolute Gasteiger partial charge is 0.345 e. The minimum atomic E-state index is -0.113. The van der Waals surface area contributed by atoms with E-state index in [-0.39, 0.29) is 5.91 Å². The minimum absolute atomic E-state index is 0.113. The third kappa shape index (κ3) is 2.68. The summed E-state index contributed by atoms with van der Waals surface area (Å²) in [7, 11) is 0.